The van der Waals surface area contributed by atoms with E-state index in [4.69, 9.17) is 0 Å². The van der Waals surface area contributed by atoms with Gasteiger partial charge in [0, 0.05) is 27.1 Å². The summed E-state index contributed by atoms with van der Waals surface area (Å²) in [5, 5.41) is 0.117. The quantitative estimate of drug-likeness (QED) is 0.728. The summed E-state index contributed by atoms with van der Waals surface area (Å²) in [6.07, 6.45) is -1.07. The van der Waals surface area contributed by atoms with Crippen molar-refractivity contribution in [1.82, 2.24) is 24.0 Å². The monoisotopic (exact) mass is 443 g/mol. The molecule has 0 spiro atoms. The summed E-state index contributed by atoms with van der Waals surface area (Å²) >= 11 is 0. The van der Waals surface area contributed by atoms with Gasteiger partial charge < -0.3 is 14.0 Å². The molecule has 11 heteroatoms. The molecule has 30 heavy (non-hydrogen) atoms. The van der Waals surface area contributed by atoms with Crippen LogP contribution in [-0.4, -0.2) is 51.4 Å². The van der Waals surface area contributed by atoms with Gasteiger partial charge in [0.25, 0.3) is 0 Å². The molecule has 2 aromatic rings. The predicted octanol–water partition coefficient (Wildman–Crippen LogP) is 3.32. The number of aryl methyl sites for hydroxylation is 1. The fraction of sp³-hybridized carbons (Fsp3) is 0.579. The first-order chi connectivity index (χ1) is 14.0. The minimum absolute atomic E-state index is 0.0907. The predicted molar refractivity (Wildman–Crippen MR) is 105 cm³/mol. The molecule has 2 aliphatic rings. The summed E-state index contributed by atoms with van der Waals surface area (Å²) in [5.74, 6) is 0.863. The van der Waals surface area contributed by atoms with Crippen molar-refractivity contribution in [2.75, 3.05) is 12.8 Å². The van der Waals surface area contributed by atoms with Gasteiger partial charge in [-0.1, -0.05) is 6.92 Å². The van der Waals surface area contributed by atoms with Crippen molar-refractivity contribution in [3.8, 4) is 11.5 Å². The lowest BCUT2D eigenvalue weighted by molar-refractivity contribution is -0.111. The van der Waals surface area contributed by atoms with E-state index in [1.807, 2.05) is 0 Å². The number of alkyl halides is 3. The zero-order chi connectivity index (χ0) is 22.0. The van der Waals surface area contributed by atoms with E-state index in [9.17, 15) is 21.6 Å². The number of hydrogen-bond donors (Lipinski definition) is 0. The molecule has 0 radical (unpaired) electrons. The standard InChI is InChI=1S/C19H24F3N5O2S/c1-5-30(28,29)18-15(24-14-8-6-7-9-27(14)18)17-23-12-10-13(19(20,21)22)25(3)11(2)16(12)26(17)4/h10-11H,5-9H2,1-4H3. The van der Waals surface area contributed by atoms with Crippen LogP contribution in [0.1, 0.15) is 49.9 Å². The highest BCUT2D eigenvalue weighted by Crippen LogP contribution is 2.41. The third-order valence-electron chi connectivity index (χ3n) is 6.01. The second kappa shape index (κ2) is 6.86. The molecule has 7 nitrogen and oxygen atoms in total. The van der Waals surface area contributed by atoms with Crippen LogP contribution in [0.3, 0.4) is 0 Å². The number of allylic oxidation sites excluding steroid dienone is 1. The number of aromatic nitrogens is 4. The Kier molecular flexibility index (Phi) is 4.79. The van der Waals surface area contributed by atoms with E-state index < -0.39 is 27.8 Å². The largest absolute Gasteiger partial charge is 0.431 e. The lowest BCUT2D eigenvalue weighted by Crippen LogP contribution is -2.34. The minimum atomic E-state index is -4.51. The number of fused-ring (bicyclic) bond motifs is 2. The van der Waals surface area contributed by atoms with Crippen molar-refractivity contribution in [1.29, 1.82) is 0 Å². The number of hydrogen-bond acceptors (Lipinski definition) is 5. The van der Waals surface area contributed by atoms with Crippen molar-refractivity contribution < 1.29 is 21.6 Å². The van der Waals surface area contributed by atoms with Gasteiger partial charge in [0.1, 0.15) is 17.2 Å². The molecule has 2 aromatic heterocycles. The van der Waals surface area contributed by atoms with E-state index in [1.54, 1.807) is 30.0 Å². The van der Waals surface area contributed by atoms with Crippen molar-refractivity contribution in [2.24, 2.45) is 7.05 Å². The van der Waals surface area contributed by atoms with Crippen molar-refractivity contribution in [3.05, 3.63) is 22.9 Å². The smallest absolute Gasteiger partial charge is 0.362 e. The molecule has 0 amide bonds. The summed E-state index contributed by atoms with van der Waals surface area (Å²) in [6, 6.07) is -0.587. The Morgan fingerprint density at radius 1 is 1.20 bits per heavy atom. The van der Waals surface area contributed by atoms with Crippen molar-refractivity contribution in [3.63, 3.8) is 0 Å². The summed E-state index contributed by atoms with van der Waals surface area (Å²) < 4.78 is 69.6. The summed E-state index contributed by atoms with van der Waals surface area (Å²) in [5.41, 5.74) is 0.225. The van der Waals surface area contributed by atoms with Crippen LogP contribution in [0.2, 0.25) is 0 Å². The molecule has 1 unspecified atom stereocenters. The van der Waals surface area contributed by atoms with Gasteiger partial charge in [0.2, 0.25) is 0 Å². The van der Waals surface area contributed by atoms with Crippen molar-refractivity contribution >= 4 is 15.9 Å². The highest BCUT2D eigenvalue weighted by atomic mass is 32.2. The molecule has 0 bridgehead atoms. The third-order valence-corrected chi connectivity index (χ3v) is 7.77. The lowest BCUT2D eigenvalue weighted by atomic mass is 10.1. The van der Waals surface area contributed by atoms with E-state index >= 15 is 0 Å². The van der Waals surface area contributed by atoms with E-state index in [0.717, 1.165) is 23.8 Å². The Labute approximate surface area is 173 Å². The molecule has 0 saturated heterocycles. The first-order valence-corrected chi connectivity index (χ1v) is 11.5. The SMILES string of the molecule is CCS(=O)(=O)c1c(-c2nc3c(n2C)C(C)N(C)C(C(F)(F)F)=C3)nc2n1CCCC2. The lowest BCUT2D eigenvalue weighted by Gasteiger charge is -2.34. The molecular weight excluding hydrogens is 419 g/mol. The summed E-state index contributed by atoms with van der Waals surface area (Å²) in [6.45, 7) is 3.80. The van der Waals surface area contributed by atoms with Crippen LogP contribution in [0.15, 0.2) is 10.7 Å². The maximum absolute atomic E-state index is 13.5. The van der Waals surface area contributed by atoms with Crippen LogP contribution in [0, 0.1) is 0 Å². The average Bonchev–Trinajstić information content (AvgIpc) is 3.22. The van der Waals surface area contributed by atoms with Gasteiger partial charge in [-0.05, 0) is 25.8 Å². The average molecular weight is 443 g/mol. The molecule has 164 valence electrons. The summed E-state index contributed by atoms with van der Waals surface area (Å²) in [4.78, 5) is 10.2. The van der Waals surface area contributed by atoms with E-state index in [1.165, 1.54) is 7.05 Å². The molecule has 4 rings (SSSR count). The van der Waals surface area contributed by atoms with Gasteiger partial charge in [-0.25, -0.2) is 18.4 Å². The molecule has 0 aliphatic carbocycles. The molecule has 4 heterocycles. The van der Waals surface area contributed by atoms with Crippen LogP contribution < -0.4 is 0 Å². The zero-order valence-corrected chi connectivity index (χ0v) is 18.1. The van der Waals surface area contributed by atoms with E-state index in [0.29, 0.717) is 24.5 Å². The Balaban J connectivity index is 1.97. The van der Waals surface area contributed by atoms with Gasteiger partial charge in [0.15, 0.2) is 20.7 Å². The number of halogens is 3. The van der Waals surface area contributed by atoms with Crippen LogP contribution in [-0.2, 0) is 29.9 Å². The Bertz CT molecular complexity index is 1140. The first-order valence-electron chi connectivity index (χ1n) is 9.88. The van der Waals surface area contributed by atoms with Gasteiger partial charge in [-0.15, -0.1) is 0 Å². The molecule has 0 N–H and O–H groups in total. The molecule has 2 aliphatic heterocycles. The van der Waals surface area contributed by atoms with E-state index in [-0.39, 0.29) is 28.0 Å². The number of imidazole rings is 2. The third kappa shape index (κ3) is 3.05. The van der Waals surface area contributed by atoms with Gasteiger partial charge in [0.05, 0.1) is 23.2 Å². The molecule has 1 atom stereocenters. The molecule has 0 aromatic carbocycles. The Morgan fingerprint density at radius 2 is 1.90 bits per heavy atom. The minimum Gasteiger partial charge on any atom is -0.362 e. The maximum atomic E-state index is 13.5. The van der Waals surface area contributed by atoms with Gasteiger partial charge in [-0.2, -0.15) is 13.2 Å². The fourth-order valence-corrected chi connectivity index (χ4v) is 5.54. The molecular formula is C19H24F3N5O2S. The highest BCUT2D eigenvalue weighted by Gasteiger charge is 2.42. The second-order valence-corrected chi connectivity index (χ2v) is 9.97. The second-order valence-electron chi connectivity index (χ2n) is 7.77. The highest BCUT2D eigenvalue weighted by molar-refractivity contribution is 7.91. The van der Waals surface area contributed by atoms with Crippen LogP contribution >= 0.6 is 0 Å². The molecule has 0 fully saturated rings. The maximum Gasteiger partial charge on any atom is 0.431 e. The van der Waals surface area contributed by atoms with Gasteiger partial charge in [-0.3, -0.25) is 0 Å². The first kappa shape index (κ1) is 21.0. The van der Waals surface area contributed by atoms with Crippen molar-refractivity contribution in [2.45, 2.75) is 56.9 Å². The summed E-state index contributed by atoms with van der Waals surface area (Å²) in [7, 11) is -0.526. The number of nitrogens with zero attached hydrogens (tertiary/aromatic N) is 5. The Hall–Kier alpha value is -2.30. The van der Waals surface area contributed by atoms with Crippen LogP contribution in [0.4, 0.5) is 13.2 Å². The Morgan fingerprint density at radius 3 is 2.53 bits per heavy atom. The van der Waals surface area contributed by atoms with E-state index in [2.05, 4.69) is 9.97 Å². The zero-order valence-electron chi connectivity index (χ0n) is 17.3. The number of rotatable bonds is 3. The number of sulfone groups is 1. The van der Waals surface area contributed by atoms with Crippen LogP contribution in [0.5, 0.6) is 0 Å². The normalized spacial score (nSPS) is 19.5. The van der Waals surface area contributed by atoms with Crippen LogP contribution in [0.25, 0.3) is 17.6 Å². The fourth-order valence-electron chi connectivity index (χ4n) is 4.30. The molecule has 0 saturated carbocycles. The van der Waals surface area contributed by atoms with Gasteiger partial charge >= 0.3 is 6.18 Å². The topological polar surface area (TPSA) is 73.0 Å².